The molecule has 0 unspecified atom stereocenters. The Hall–Kier alpha value is -3.89. The number of hydrogen-bond donors (Lipinski definition) is 3. The standard InChI is InChI=1S/C23H20FN7OS/c1-3-4-5-13(19-8-9-20(24)33-19)17-10-25-23(27-17)22-21-16(28-29-22)7-6-15(26-21)14-11-31(2)30-18(14)12-32/h3-11,32H,12H2,1-2H3,(H,25,27)(H,28,29)/b4-3+,13-5+. The summed E-state index contributed by atoms with van der Waals surface area (Å²) in [6.45, 7) is 1.74. The van der Waals surface area contributed by atoms with Crippen molar-refractivity contribution in [2.45, 2.75) is 13.5 Å². The van der Waals surface area contributed by atoms with Gasteiger partial charge in [-0.1, -0.05) is 18.2 Å². The van der Waals surface area contributed by atoms with Gasteiger partial charge in [0.15, 0.2) is 16.6 Å². The summed E-state index contributed by atoms with van der Waals surface area (Å²) in [4.78, 5) is 13.5. The number of aryl methyl sites for hydroxylation is 1. The average Bonchev–Trinajstić information content (AvgIpc) is 3.60. The quantitative estimate of drug-likeness (QED) is 0.324. The zero-order valence-corrected chi connectivity index (χ0v) is 18.7. The highest BCUT2D eigenvalue weighted by atomic mass is 32.1. The number of rotatable bonds is 6. The molecule has 5 heterocycles. The van der Waals surface area contributed by atoms with Crippen LogP contribution in [0, 0.1) is 5.13 Å². The van der Waals surface area contributed by atoms with Crippen molar-refractivity contribution in [3.63, 3.8) is 0 Å². The van der Waals surface area contributed by atoms with Crippen molar-refractivity contribution in [3.05, 3.63) is 76.3 Å². The molecule has 0 atom stereocenters. The lowest BCUT2D eigenvalue weighted by molar-refractivity contribution is 0.276. The van der Waals surface area contributed by atoms with Gasteiger partial charge in [-0.2, -0.15) is 14.6 Å². The summed E-state index contributed by atoms with van der Waals surface area (Å²) >= 11 is 1.07. The van der Waals surface area contributed by atoms with Gasteiger partial charge in [-0.05, 0) is 31.2 Å². The number of nitrogens with zero attached hydrogens (tertiary/aromatic N) is 5. The van der Waals surface area contributed by atoms with Gasteiger partial charge in [0.05, 0.1) is 29.2 Å². The minimum atomic E-state index is -0.250. The first-order valence-corrected chi connectivity index (χ1v) is 11.0. The predicted octanol–water partition coefficient (Wildman–Crippen LogP) is 4.45. The zero-order valence-electron chi connectivity index (χ0n) is 17.9. The minimum absolute atomic E-state index is 0.180. The lowest BCUT2D eigenvalue weighted by Gasteiger charge is -2.01. The molecule has 33 heavy (non-hydrogen) atoms. The van der Waals surface area contributed by atoms with Gasteiger partial charge in [0.25, 0.3) is 0 Å². The van der Waals surface area contributed by atoms with Gasteiger partial charge in [-0.3, -0.25) is 9.78 Å². The molecule has 0 aliphatic rings. The first-order valence-electron chi connectivity index (χ1n) is 10.2. The molecule has 10 heteroatoms. The van der Waals surface area contributed by atoms with Crippen molar-refractivity contribution in [2.24, 2.45) is 7.05 Å². The highest BCUT2D eigenvalue weighted by Crippen LogP contribution is 2.31. The van der Waals surface area contributed by atoms with E-state index in [2.05, 4.69) is 20.3 Å². The molecule has 5 aromatic rings. The summed E-state index contributed by atoms with van der Waals surface area (Å²) in [6.07, 6.45) is 9.30. The predicted molar refractivity (Wildman–Crippen MR) is 126 cm³/mol. The number of halogens is 1. The number of allylic oxidation sites excluding steroid dienone is 3. The summed E-state index contributed by atoms with van der Waals surface area (Å²) in [7, 11) is 1.80. The van der Waals surface area contributed by atoms with Crippen LogP contribution in [0.5, 0.6) is 0 Å². The molecule has 0 aliphatic heterocycles. The van der Waals surface area contributed by atoms with Gasteiger partial charge in [-0.25, -0.2) is 9.97 Å². The Balaban J connectivity index is 1.58. The molecule has 0 saturated carbocycles. The highest BCUT2D eigenvalue weighted by Gasteiger charge is 2.18. The average molecular weight is 462 g/mol. The molecule has 3 N–H and O–H groups in total. The summed E-state index contributed by atoms with van der Waals surface area (Å²) in [5.41, 5.74) is 5.43. The number of pyridine rings is 1. The van der Waals surface area contributed by atoms with E-state index in [1.54, 1.807) is 24.0 Å². The number of fused-ring (bicyclic) bond motifs is 1. The molecule has 0 fully saturated rings. The molecule has 5 rings (SSSR count). The van der Waals surface area contributed by atoms with Gasteiger partial charge >= 0.3 is 0 Å². The number of H-pyrrole nitrogens is 2. The molecular formula is C23H20FN7OS. The largest absolute Gasteiger partial charge is 0.390 e. The van der Waals surface area contributed by atoms with Gasteiger partial charge in [-0.15, -0.1) is 11.3 Å². The monoisotopic (exact) mass is 461 g/mol. The zero-order chi connectivity index (χ0) is 22.9. The van der Waals surface area contributed by atoms with E-state index in [1.807, 2.05) is 43.5 Å². The molecule has 0 bridgehead atoms. The number of thiophene rings is 1. The topological polar surface area (TPSA) is 108 Å². The third kappa shape index (κ3) is 3.90. The van der Waals surface area contributed by atoms with Crippen molar-refractivity contribution in [1.82, 2.24) is 34.9 Å². The van der Waals surface area contributed by atoms with Crippen LogP contribution in [0.2, 0.25) is 0 Å². The molecule has 0 aliphatic carbocycles. The Morgan fingerprint density at radius 1 is 1.24 bits per heavy atom. The normalized spacial score (nSPS) is 12.4. The third-order valence-corrected chi connectivity index (χ3v) is 6.02. The third-order valence-electron chi connectivity index (χ3n) is 5.11. The van der Waals surface area contributed by atoms with Crippen molar-refractivity contribution in [2.75, 3.05) is 0 Å². The van der Waals surface area contributed by atoms with E-state index in [-0.39, 0.29) is 11.7 Å². The van der Waals surface area contributed by atoms with Crippen molar-refractivity contribution < 1.29 is 9.50 Å². The fraction of sp³-hybridized carbons (Fsp3) is 0.130. The van der Waals surface area contributed by atoms with E-state index in [0.717, 1.165) is 32.9 Å². The van der Waals surface area contributed by atoms with E-state index < -0.39 is 0 Å². The second-order valence-corrected chi connectivity index (χ2v) is 8.36. The van der Waals surface area contributed by atoms with E-state index in [4.69, 9.17) is 9.97 Å². The van der Waals surface area contributed by atoms with Crippen LogP contribution in [0.25, 0.3) is 39.4 Å². The number of aromatic amines is 2. The summed E-state index contributed by atoms with van der Waals surface area (Å²) in [5.74, 6) is 0.540. The lowest BCUT2D eigenvalue weighted by Crippen LogP contribution is -1.92. The van der Waals surface area contributed by atoms with Crippen LogP contribution in [0.15, 0.2) is 54.9 Å². The van der Waals surface area contributed by atoms with E-state index in [1.165, 1.54) is 6.07 Å². The fourth-order valence-corrected chi connectivity index (χ4v) is 4.37. The van der Waals surface area contributed by atoms with Crippen LogP contribution in [-0.2, 0) is 13.7 Å². The molecule has 0 saturated heterocycles. The molecule has 5 aromatic heterocycles. The maximum Gasteiger partial charge on any atom is 0.176 e. The molecule has 8 nitrogen and oxygen atoms in total. The van der Waals surface area contributed by atoms with Crippen LogP contribution < -0.4 is 0 Å². The summed E-state index contributed by atoms with van der Waals surface area (Å²) in [6, 6.07) is 6.94. The minimum Gasteiger partial charge on any atom is -0.390 e. The number of aromatic nitrogens is 7. The molecule has 166 valence electrons. The van der Waals surface area contributed by atoms with Crippen LogP contribution >= 0.6 is 11.3 Å². The Labute approximate surface area is 192 Å². The van der Waals surface area contributed by atoms with E-state index in [9.17, 15) is 9.50 Å². The fourth-order valence-electron chi connectivity index (χ4n) is 3.61. The van der Waals surface area contributed by atoms with Crippen LogP contribution in [0.1, 0.15) is 23.2 Å². The number of aliphatic hydroxyl groups excluding tert-OH is 1. The Kier molecular flexibility index (Phi) is 5.45. The van der Waals surface area contributed by atoms with E-state index >= 15 is 0 Å². The van der Waals surface area contributed by atoms with Gasteiger partial charge < -0.3 is 10.1 Å². The molecule has 0 aromatic carbocycles. The number of nitrogens with one attached hydrogen (secondary N) is 2. The number of hydrogen-bond acceptors (Lipinski definition) is 6. The van der Waals surface area contributed by atoms with Crippen LogP contribution in [0.4, 0.5) is 4.39 Å². The smallest absolute Gasteiger partial charge is 0.176 e. The summed E-state index contributed by atoms with van der Waals surface area (Å²) < 4.78 is 15.3. The van der Waals surface area contributed by atoms with Crippen LogP contribution in [0.3, 0.4) is 0 Å². The van der Waals surface area contributed by atoms with Crippen molar-refractivity contribution in [1.29, 1.82) is 0 Å². The molecule has 0 radical (unpaired) electrons. The van der Waals surface area contributed by atoms with Crippen molar-refractivity contribution >= 4 is 27.9 Å². The second kappa shape index (κ2) is 8.57. The molecule has 0 spiro atoms. The number of imidazole rings is 1. The van der Waals surface area contributed by atoms with Gasteiger partial charge in [0.2, 0.25) is 0 Å². The maximum atomic E-state index is 13.7. The number of aliphatic hydroxyl groups is 1. The lowest BCUT2D eigenvalue weighted by atomic mass is 10.1. The second-order valence-electron chi connectivity index (χ2n) is 7.33. The Morgan fingerprint density at radius 2 is 2.12 bits per heavy atom. The van der Waals surface area contributed by atoms with E-state index in [0.29, 0.717) is 34.1 Å². The van der Waals surface area contributed by atoms with Gasteiger partial charge in [0, 0.05) is 35.5 Å². The Bertz CT molecular complexity index is 1500. The van der Waals surface area contributed by atoms with Crippen molar-refractivity contribution in [3.8, 4) is 22.8 Å². The summed E-state index contributed by atoms with van der Waals surface area (Å²) in [5, 5.41) is 21.1. The van der Waals surface area contributed by atoms with Gasteiger partial charge in [0.1, 0.15) is 5.52 Å². The SMILES string of the molecule is C/C=C/C=C(\c1c[nH]c(-c2n[nH]c3ccc(-c4cn(C)nc4CO)nc23)n1)c1ccc(F)s1. The van der Waals surface area contributed by atoms with Crippen LogP contribution in [-0.4, -0.2) is 40.0 Å². The Morgan fingerprint density at radius 3 is 2.88 bits per heavy atom. The maximum absolute atomic E-state index is 13.7. The first kappa shape index (κ1) is 21.0. The highest BCUT2D eigenvalue weighted by molar-refractivity contribution is 7.11. The molecule has 0 amide bonds. The molecular weight excluding hydrogens is 441 g/mol. The first-order chi connectivity index (χ1) is 16.1.